The number of nitrogens with two attached hydrogens (primary N) is 2. The highest BCUT2D eigenvalue weighted by Gasteiger charge is 2.40. The number of aliphatic hydroxyl groups excluding tert-OH is 1. The Bertz CT molecular complexity index is 3050. The highest BCUT2D eigenvalue weighted by molar-refractivity contribution is 5.99. The lowest BCUT2D eigenvalue weighted by atomic mass is 9.98. The summed E-state index contributed by atoms with van der Waals surface area (Å²) in [6.45, 7) is 8.82. The number of aliphatic hydroxyl groups is 1. The number of aromatic nitrogens is 3. The Hall–Kier alpha value is -9.08. The number of phenolic OH excluding ortho intramolecular Hbond substituents is 1. The number of aliphatic imine (C=N–C) groups is 1. The number of aromatic amines is 2. The molecular weight excluding hydrogens is 1120 g/mol. The van der Waals surface area contributed by atoms with Crippen LogP contribution >= 0.6 is 0 Å². The number of hydrogen-bond donors (Lipinski definition) is 15. The molecule has 17 N–H and O–H groups in total. The van der Waals surface area contributed by atoms with Crippen molar-refractivity contribution in [2.45, 2.75) is 160 Å². The van der Waals surface area contributed by atoms with E-state index in [1.807, 2.05) is 19.9 Å². The van der Waals surface area contributed by atoms with Crippen molar-refractivity contribution in [3.8, 4) is 5.75 Å². The molecule has 2 aromatic carbocycles. The number of guanidine groups is 1. The number of carbonyl (C=O) groups excluding carboxylic acids is 10. The molecule has 0 radical (unpaired) electrons. The second kappa shape index (κ2) is 32.4. The Labute approximate surface area is 504 Å². The van der Waals surface area contributed by atoms with Crippen LogP contribution in [0, 0.1) is 11.8 Å². The molecule has 9 atom stereocenters. The average molecular weight is 1210 g/mol. The van der Waals surface area contributed by atoms with Crippen molar-refractivity contribution >= 4 is 75.9 Å². The minimum Gasteiger partial charge on any atom is -0.508 e. The summed E-state index contributed by atoms with van der Waals surface area (Å²) < 4.78 is 0. The van der Waals surface area contributed by atoms with E-state index in [0.717, 1.165) is 5.52 Å². The molecule has 0 aliphatic carbocycles. The molecule has 472 valence electrons. The monoisotopic (exact) mass is 1210 g/mol. The average Bonchev–Trinajstić information content (AvgIpc) is 2.39. The Balaban J connectivity index is 1.22. The van der Waals surface area contributed by atoms with E-state index in [1.54, 1.807) is 45.2 Å². The van der Waals surface area contributed by atoms with Crippen molar-refractivity contribution in [3.05, 3.63) is 84.1 Å². The van der Waals surface area contributed by atoms with Gasteiger partial charge in [0.25, 0.3) is 0 Å². The molecule has 6 rings (SSSR count). The van der Waals surface area contributed by atoms with Gasteiger partial charge < -0.3 is 84.4 Å². The summed E-state index contributed by atoms with van der Waals surface area (Å²) in [4.78, 5) is 155. The summed E-state index contributed by atoms with van der Waals surface area (Å²) in [6, 6.07) is 1.58. The number of amides is 10. The van der Waals surface area contributed by atoms with Crippen LogP contribution < -0.4 is 59.3 Å². The number of phenols is 1. The van der Waals surface area contributed by atoms with E-state index in [1.165, 1.54) is 41.7 Å². The van der Waals surface area contributed by atoms with Gasteiger partial charge >= 0.3 is 0 Å². The van der Waals surface area contributed by atoms with Gasteiger partial charge in [0.15, 0.2) is 5.96 Å². The molecule has 28 heteroatoms. The van der Waals surface area contributed by atoms with Gasteiger partial charge in [-0.05, 0) is 93.0 Å². The first-order chi connectivity index (χ1) is 41.5. The number of imidazole rings is 1. The van der Waals surface area contributed by atoms with E-state index < -0.39 is 108 Å². The van der Waals surface area contributed by atoms with Gasteiger partial charge in [-0.2, -0.15) is 0 Å². The highest BCUT2D eigenvalue weighted by atomic mass is 16.3. The lowest BCUT2D eigenvalue weighted by molar-refractivity contribution is -0.142. The fraction of sp³-hybridized carbons (Fsp3) is 0.525. The Morgan fingerprint density at radius 1 is 0.701 bits per heavy atom. The number of hydrogen-bond acceptors (Lipinski definition) is 14. The molecule has 0 bridgehead atoms. The number of nitrogens with one attached hydrogen (secondary N) is 11. The van der Waals surface area contributed by atoms with Gasteiger partial charge in [-0.25, -0.2) is 4.98 Å². The first-order valence-corrected chi connectivity index (χ1v) is 29.5. The predicted octanol–water partition coefficient (Wildman–Crippen LogP) is -1.44. The molecule has 0 saturated carbocycles. The minimum absolute atomic E-state index is 0.0397. The first kappa shape index (κ1) is 67.1. The maximum absolute atomic E-state index is 14.7. The fourth-order valence-electron chi connectivity index (χ4n) is 10.5. The maximum atomic E-state index is 14.7. The molecule has 2 fully saturated rings. The van der Waals surface area contributed by atoms with Crippen molar-refractivity contribution in [1.82, 2.24) is 67.7 Å². The fourth-order valence-corrected chi connectivity index (χ4v) is 10.5. The zero-order valence-corrected chi connectivity index (χ0v) is 49.8. The molecule has 10 amide bonds. The number of nitrogens with zero attached hydrogens (tertiary/aromatic N) is 3. The maximum Gasteiger partial charge on any atom is 0.245 e. The number of H-pyrrole nitrogens is 2. The quantitative estimate of drug-likeness (QED) is 0.0151. The first-order valence-electron chi connectivity index (χ1n) is 29.5. The molecule has 2 aliphatic heterocycles. The molecule has 28 nitrogen and oxygen atoms in total. The van der Waals surface area contributed by atoms with Gasteiger partial charge in [0.2, 0.25) is 59.1 Å². The Morgan fingerprint density at radius 3 is 1.85 bits per heavy atom. The SMILES string of the molecule is CCNC(=O)[C@@H]1CCCN1C(=O)[C@H](CCCN=C(N)N)NC(=O)[C@H](CC(C)C)NC(=O)C(CC(C)C)NC(=O)[C@H](Cc1ccc(O)cc1)NC(=O)[C@H](CO)NC(=O)[C@H](Cc1c[nH]c2ccccc12)NC(=O)[C@H](Cc1cnc[nH]1)NC(=O)[C@@H]1CCC(=O)N1. The lowest BCUT2D eigenvalue weighted by Crippen LogP contribution is -2.61. The van der Waals surface area contributed by atoms with Gasteiger partial charge in [0, 0.05) is 74.3 Å². The number of likely N-dealkylation sites (N-methyl/N-ethyl adjacent to an activating group) is 1. The molecule has 4 aromatic rings. The third-order valence-corrected chi connectivity index (χ3v) is 14.9. The molecule has 2 saturated heterocycles. The normalized spacial score (nSPS) is 17.1. The zero-order chi connectivity index (χ0) is 63.3. The van der Waals surface area contributed by atoms with Crippen LogP contribution in [-0.4, -0.2) is 176 Å². The zero-order valence-electron chi connectivity index (χ0n) is 49.8. The number of benzene rings is 2. The summed E-state index contributed by atoms with van der Waals surface area (Å²) in [5, 5.41) is 45.9. The van der Waals surface area contributed by atoms with E-state index >= 15 is 0 Å². The molecule has 1 unspecified atom stereocenters. The van der Waals surface area contributed by atoms with E-state index in [9.17, 15) is 58.2 Å². The topological polar surface area (TPSA) is 432 Å². The van der Waals surface area contributed by atoms with Crippen LogP contribution in [0.25, 0.3) is 10.9 Å². The van der Waals surface area contributed by atoms with Crippen LogP contribution in [-0.2, 0) is 67.2 Å². The number of aromatic hydroxyl groups is 1. The molecular formula is C59H84N16O12. The van der Waals surface area contributed by atoms with Crippen molar-refractivity contribution in [3.63, 3.8) is 0 Å². The Kier molecular flexibility index (Phi) is 25.0. The van der Waals surface area contributed by atoms with E-state index in [4.69, 9.17) is 11.5 Å². The lowest BCUT2D eigenvalue weighted by Gasteiger charge is -2.31. The van der Waals surface area contributed by atoms with Gasteiger partial charge in [-0.3, -0.25) is 52.9 Å². The van der Waals surface area contributed by atoms with E-state index in [-0.39, 0.29) is 106 Å². The predicted molar refractivity (Wildman–Crippen MR) is 320 cm³/mol. The highest BCUT2D eigenvalue weighted by Crippen LogP contribution is 2.22. The van der Waals surface area contributed by atoms with Crippen LogP contribution in [0.5, 0.6) is 5.75 Å². The van der Waals surface area contributed by atoms with Crippen LogP contribution in [0.4, 0.5) is 0 Å². The molecule has 0 spiro atoms. The number of rotatable bonds is 32. The summed E-state index contributed by atoms with van der Waals surface area (Å²) in [7, 11) is 0. The van der Waals surface area contributed by atoms with Crippen LogP contribution in [0.2, 0.25) is 0 Å². The standard InChI is InChI=1S/C59H84N16O12/c1-6-63-57(86)48-14-10-22-75(48)58(87)41(13-9-21-64-59(60)61)68-51(80)42(23-32(2)3)69-52(81)43(24-33(4)5)70-53(82)44(25-34-15-17-37(77)18-16-34)71-56(85)47(30-76)74-54(83)45(26-35-28-65-39-12-8-7-11-38(35)39)72-55(84)46(27-36-29-62-31-66-36)73-50(79)40-19-20-49(78)67-40/h7-8,11-12,15-18,28-29,31-33,40-48,65,76-77H,6,9-10,13-14,19-27,30H2,1-5H3,(H,62,66)(H,63,86)(H,67,78)(H,68,80)(H,69,81)(H,70,82)(H,71,85)(H,72,84)(H,73,79)(H,74,83)(H4,60,61,64)/t40-,41-,42-,43?,44-,45-,46-,47-,48-/m0/s1. The molecule has 87 heavy (non-hydrogen) atoms. The summed E-state index contributed by atoms with van der Waals surface area (Å²) in [5.74, 6) is -7.55. The molecule has 4 heterocycles. The summed E-state index contributed by atoms with van der Waals surface area (Å²) in [5.41, 5.74) is 13.3. The van der Waals surface area contributed by atoms with Gasteiger partial charge in [-0.15, -0.1) is 0 Å². The third-order valence-electron chi connectivity index (χ3n) is 14.9. The Morgan fingerprint density at radius 2 is 1.28 bits per heavy atom. The van der Waals surface area contributed by atoms with Crippen molar-refractivity contribution in [1.29, 1.82) is 0 Å². The van der Waals surface area contributed by atoms with Crippen molar-refractivity contribution in [2.24, 2.45) is 28.3 Å². The summed E-state index contributed by atoms with van der Waals surface area (Å²) in [6.07, 6.45) is 5.80. The van der Waals surface area contributed by atoms with Crippen LogP contribution in [0.1, 0.15) is 103 Å². The second-order valence-electron chi connectivity index (χ2n) is 22.8. The van der Waals surface area contributed by atoms with Crippen molar-refractivity contribution < 1.29 is 58.2 Å². The van der Waals surface area contributed by atoms with Gasteiger partial charge in [0.1, 0.15) is 60.1 Å². The van der Waals surface area contributed by atoms with Crippen LogP contribution in [0.15, 0.2) is 72.2 Å². The molecule has 2 aromatic heterocycles. The summed E-state index contributed by atoms with van der Waals surface area (Å²) >= 11 is 0. The number of carbonyl (C=O) groups is 10. The third kappa shape index (κ3) is 20.0. The second-order valence-corrected chi connectivity index (χ2v) is 22.8. The van der Waals surface area contributed by atoms with Crippen LogP contribution in [0.3, 0.4) is 0 Å². The largest absolute Gasteiger partial charge is 0.508 e. The number of likely N-dealkylation sites (tertiary alicyclic amines) is 1. The van der Waals surface area contributed by atoms with E-state index in [0.29, 0.717) is 41.6 Å². The number of fused-ring (bicyclic) bond motifs is 1. The molecule has 2 aliphatic rings. The van der Waals surface area contributed by atoms with E-state index in [2.05, 4.69) is 67.8 Å². The number of para-hydroxylation sites is 1. The minimum atomic E-state index is -1.75. The van der Waals surface area contributed by atoms with Crippen molar-refractivity contribution in [2.75, 3.05) is 26.2 Å². The van der Waals surface area contributed by atoms with Gasteiger partial charge in [0.05, 0.1) is 12.9 Å². The van der Waals surface area contributed by atoms with Gasteiger partial charge in [-0.1, -0.05) is 58.0 Å². The smallest absolute Gasteiger partial charge is 0.245 e.